The van der Waals surface area contributed by atoms with Gasteiger partial charge in [0.05, 0.1) is 25.0 Å². The molecule has 2 aromatic heterocycles. The van der Waals surface area contributed by atoms with Crippen LogP contribution in [0.25, 0.3) is 16.9 Å². The number of ether oxygens (including phenoxy) is 2. The van der Waals surface area contributed by atoms with Gasteiger partial charge in [0.25, 0.3) is 0 Å². The fourth-order valence-electron chi connectivity index (χ4n) is 3.10. The minimum atomic E-state index is -0.373. The van der Waals surface area contributed by atoms with Crippen molar-refractivity contribution in [1.82, 2.24) is 14.6 Å². The van der Waals surface area contributed by atoms with E-state index in [1.54, 1.807) is 28.8 Å². The number of nitrogens with one attached hydrogen (secondary N) is 1. The molecule has 4 rings (SSSR count). The molecule has 1 N–H and O–H groups in total. The lowest BCUT2D eigenvalue weighted by atomic mass is 10.1. The fraction of sp³-hybridized carbons (Fsp3) is 0.208. The van der Waals surface area contributed by atoms with Gasteiger partial charge in [-0.3, -0.25) is 0 Å². The number of anilines is 2. The van der Waals surface area contributed by atoms with Crippen LogP contribution in [0.15, 0.2) is 66.7 Å². The Morgan fingerprint density at radius 3 is 2.45 bits per heavy atom. The van der Waals surface area contributed by atoms with Gasteiger partial charge in [-0.2, -0.15) is 4.98 Å². The molecule has 158 valence electrons. The highest BCUT2D eigenvalue weighted by Crippen LogP contribution is 2.24. The number of methoxy groups -OCH3 is 1. The molecule has 0 aliphatic rings. The number of nitrogens with zero attached hydrogens (tertiary/aromatic N) is 3. The molecule has 7 heteroatoms. The van der Waals surface area contributed by atoms with E-state index in [0.29, 0.717) is 24.0 Å². The normalized spacial score (nSPS) is 11.0. The van der Waals surface area contributed by atoms with Crippen molar-refractivity contribution in [3.8, 4) is 17.0 Å². The Balaban J connectivity index is 1.56. The third-order valence-corrected chi connectivity index (χ3v) is 4.66. The lowest BCUT2D eigenvalue weighted by Gasteiger charge is -2.09. The van der Waals surface area contributed by atoms with Crippen molar-refractivity contribution < 1.29 is 14.3 Å². The van der Waals surface area contributed by atoms with Gasteiger partial charge >= 0.3 is 5.97 Å². The van der Waals surface area contributed by atoms with E-state index < -0.39 is 0 Å². The van der Waals surface area contributed by atoms with E-state index in [0.717, 1.165) is 28.3 Å². The fourth-order valence-corrected chi connectivity index (χ4v) is 3.10. The van der Waals surface area contributed by atoms with Crippen molar-refractivity contribution in [3.05, 3.63) is 72.3 Å². The first-order valence-corrected chi connectivity index (χ1v) is 10.1. The van der Waals surface area contributed by atoms with Crippen LogP contribution >= 0.6 is 0 Å². The average molecular weight is 416 g/mol. The summed E-state index contributed by atoms with van der Waals surface area (Å²) in [5, 5.41) is 7.79. The highest BCUT2D eigenvalue weighted by molar-refractivity contribution is 5.89. The van der Waals surface area contributed by atoms with Crippen molar-refractivity contribution in [1.29, 1.82) is 0 Å². The number of carbonyl (C=O) groups is 1. The van der Waals surface area contributed by atoms with E-state index in [-0.39, 0.29) is 5.97 Å². The maximum atomic E-state index is 11.6. The van der Waals surface area contributed by atoms with Crippen molar-refractivity contribution in [2.45, 2.75) is 13.8 Å². The summed E-state index contributed by atoms with van der Waals surface area (Å²) >= 11 is 0. The molecule has 2 heterocycles. The minimum Gasteiger partial charge on any atom is -0.493 e. The molecular formula is C24H24N4O3. The molecular weight excluding hydrogens is 392 g/mol. The zero-order valence-electron chi connectivity index (χ0n) is 17.7. The van der Waals surface area contributed by atoms with Gasteiger partial charge in [-0.25, -0.2) is 9.31 Å². The van der Waals surface area contributed by atoms with Gasteiger partial charge in [0, 0.05) is 11.3 Å². The van der Waals surface area contributed by atoms with Gasteiger partial charge < -0.3 is 14.8 Å². The van der Waals surface area contributed by atoms with Gasteiger partial charge in [-0.15, -0.1) is 5.10 Å². The van der Waals surface area contributed by atoms with Crippen molar-refractivity contribution in [2.75, 3.05) is 19.0 Å². The molecule has 0 aliphatic carbocycles. The number of carbonyl (C=O) groups excluding carboxylic acids is 1. The number of benzene rings is 2. The number of hydrogen-bond acceptors (Lipinski definition) is 6. The van der Waals surface area contributed by atoms with Crippen LogP contribution in [0.1, 0.15) is 24.2 Å². The Bertz CT molecular complexity index is 1180. The third-order valence-electron chi connectivity index (χ3n) is 4.66. The number of fused-ring (bicyclic) bond motifs is 1. The quantitative estimate of drug-likeness (QED) is 0.429. The summed E-state index contributed by atoms with van der Waals surface area (Å²) in [6.07, 6.45) is 0. The van der Waals surface area contributed by atoms with Crippen molar-refractivity contribution in [3.63, 3.8) is 0 Å². The Kier molecular flexibility index (Phi) is 5.84. The molecule has 0 atom stereocenters. The highest BCUT2D eigenvalue weighted by atomic mass is 16.5. The average Bonchev–Trinajstić information content (AvgIpc) is 3.20. The summed E-state index contributed by atoms with van der Waals surface area (Å²) in [7, 11) is 1.36. The van der Waals surface area contributed by atoms with E-state index in [1.165, 1.54) is 7.11 Å². The number of pyridine rings is 1. The topological polar surface area (TPSA) is 77.8 Å². The minimum absolute atomic E-state index is 0.373. The molecule has 0 bridgehead atoms. The van der Waals surface area contributed by atoms with Crippen molar-refractivity contribution >= 4 is 23.3 Å². The zero-order valence-corrected chi connectivity index (χ0v) is 17.7. The van der Waals surface area contributed by atoms with Gasteiger partial charge in [-0.05, 0) is 66.6 Å². The molecule has 31 heavy (non-hydrogen) atoms. The largest absolute Gasteiger partial charge is 0.493 e. The maximum Gasteiger partial charge on any atom is 0.337 e. The predicted molar refractivity (Wildman–Crippen MR) is 120 cm³/mol. The molecule has 0 spiro atoms. The standard InChI is InChI=1S/C24H24N4O3/c1-16(2)15-31-20-13-9-17(10-14-20)21-5-4-6-22-26-24(27-28(21)22)25-19-11-7-18(8-12-19)23(29)30-3/h4-14,16H,15H2,1-3H3,(H,25,27). The van der Waals surface area contributed by atoms with Gasteiger partial charge in [0.2, 0.25) is 5.95 Å². The van der Waals surface area contributed by atoms with Crippen LogP contribution in [-0.2, 0) is 4.74 Å². The SMILES string of the molecule is COC(=O)c1ccc(Nc2nc3cccc(-c4ccc(OCC(C)C)cc4)n3n2)cc1. The second kappa shape index (κ2) is 8.87. The molecule has 0 amide bonds. The van der Waals surface area contributed by atoms with Crippen LogP contribution in [0.3, 0.4) is 0 Å². The van der Waals surface area contributed by atoms with Crippen molar-refractivity contribution in [2.24, 2.45) is 5.92 Å². The third kappa shape index (κ3) is 4.66. The van der Waals surface area contributed by atoms with E-state index in [1.807, 2.05) is 42.5 Å². The van der Waals surface area contributed by atoms with Gasteiger partial charge in [0.15, 0.2) is 5.65 Å². The monoisotopic (exact) mass is 416 g/mol. The smallest absolute Gasteiger partial charge is 0.337 e. The summed E-state index contributed by atoms with van der Waals surface area (Å²) in [5.41, 5.74) is 3.93. The van der Waals surface area contributed by atoms with Gasteiger partial charge in [-0.1, -0.05) is 19.9 Å². The molecule has 0 saturated heterocycles. The second-order valence-electron chi connectivity index (χ2n) is 7.54. The summed E-state index contributed by atoms with van der Waals surface area (Å²) in [6, 6.07) is 20.8. The predicted octanol–water partition coefficient (Wildman–Crippen LogP) is 4.96. The first kappa shape index (κ1) is 20.4. The Labute approximate surface area is 180 Å². The summed E-state index contributed by atoms with van der Waals surface area (Å²) in [4.78, 5) is 16.1. The molecule has 2 aromatic carbocycles. The highest BCUT2D eigenvalue weighted by Gasteiger charge is 2.10. The number of rotatable bonds is 7. The van der Waals surface area contributed by atoms with E-state index in [2.05, 4.69) is 29.2 Å². The summed E-state index contributed by atoms with van der Waals surface area (Å²) in [5.74, 6) is 1.42. The first-order valence-electron chi connectivity index (χ1n) is 10.1. The lowest BCUT2D eigenvalue weighted by molar-refractivity contribution is 0.0601. The number of esters is 1. The van der Waals surface area contributed by atoms with Crippen LogP contribution in [0.2, 0.25) is 0 Å². The van der Waals surface area contributed by atoms with Crippen LogP contribution in [0.5, 0.6) is 5.75 Å². The molecule has 0 unspecified atom stereocenters. The molecule has 7 nitrogen and oxygen atoms in total. The Hall–Kier alpha value is -3.87. The Morgan fingerprint density at radius 2 is 1.77 bits per heavy atom. The first-order chi connectivity index (χ1) is 15.0. The van der Waals surface area contributed by atoms with Crippen LogP contribution < -0.4 is 10.1 Å². The van der Waals surface area contributed by atoms with E-state index in [9.17, 15) is 4.79 Å². The molecule has 0 saturated carbocycles. The van der Waals surface area contributed by atoms with E-state index in [4.69, 9.17) is 9.47 Å². The number of aromatic nitrogens is 3. The Morgan fingerprint density at radius 1 is 1.03 bits per heavy atom. The van der Waals surface area contributed by atoms with Crippen LogP contribution in [0, 0.1) is 5.92 Å². The second-order valence-corrected chi connectivity index (χ2v) is 7.54. The summed E-state index contributed by atoms with van der Waals surface area (Å²) in [6.45, 7) is 4.94. The maximum absolute atomic E-state index is 11.6. The molecule has 0 radical (unpaired) electrons. The number of hydrogen-bond donors (Lipinski definition) is 1. The van der Waals surface area contributed by atoms with Gasteiger partial charge in [0.1, 0.15) is 5.75 Å². The lowest BCUT2D eigenvalue weighted by Crippen LogP contribution is -2.04. The van der Waals surface area contributed by atoms with E-state index >= 15 is 0 Å². The van der Waals surface area contributed by atoms with Crippen LogP contribution in [0.4, 0.5) is 11.6 Å². The molecule has 0 aliphatic heterocycles. The van der Waals surface area contributed by atoms with Crippen LogP contribution in [-0.4, -0.2) is 34.3 Å². The zero-order chi connectivity index (χ0) is 21.8. The molecule has 4 aromatic rings. The molecule has 0 fully saturated rings. The summed E-state index contributed by atoms with van der Waals surface area (Å²) < 4.78 is 12.3.